The Balaban J connectivity index is 2.51. The molecule has 17 heavy (non-hydrogen) atoms. The normalized spacial score (nSPS) is 26.3. The molecular formula is C13H29N3O. The predicted molar refractivity (Wildman–Crippen MR) is 72.2 cm³/mol. The SMILES string of the molecule is CCOCCN(C)C1(CN)CCN(C(C)C)C1. The molecule has 2 N–H and O–H groups in total. The Morgan fingerprint density at radius 1 is 1.47 bits per heavy atom. The van der Waals surface area contributed by atoms with Crippen LogP contribution < -0.4 is 5.73 Å². The summed E-state index contributed by atoms with van der Waals surface area (Å²) < 4.78 is 5.43. The molecule has 0 amide bonds. The molecule has 0 bridgehead atoms. The molecule has 0 saturated carbocycles. The third-order valence-corrected chi connectivity index (χ3v) is 4.06. The van der Waals surface area contributed by atoms with Gasteiger partial charge in [0.25, 0.3) is 0 Å². The predicted octanol–water partition coefficient (Wildman–Crippen LogP) is 0.766. The lowest BCUT2D eigenvalue weighted by Crippen LogP contribution is -2.55. The Labute approximate surface area is 106 Å². The minimum atomic E-state index is 0.154. The lowest BCUT2D eigenvalue weighted by Gasteiger charge is -2.38. The summed E-state index contributed by atoms with van der Waals surface area (Å²) in [5.41, 5.74) is 6.18. The molecule has 0 aromatic rings. The van der Waals surface area contributed by atoms with E-state index in [9.17, 15) is 0 Å². The van der Waals surface area contributed by atoms with Gasteiger partial charge in [0, 0.05) is 44.4 Å². The highest BCUT2D eigenvalue weighted by Gasteiger charge is 2.40. The van der Waals surface area contributed by atoms with E-state index in [1.54, 1.807) is 0 Å². The number of likely N-dealkylation sites (tertiary alicyclic amines) is 1. The smallest absolute Gasteiger partial charge is 0.0593 e. The third-order valence-electron chi connectivity index (χ3n) is 4.06. The molecule has 1 atom stereocenters. The largest absolute Gasteiger partial charge is 0.380 e. The van der Waals surface area contributed by atoms with Crippen molar-refractivity contribution in [2.75, 3.05) is 46.4 Å². The van der Waals surface area contributed by atoms with E-state index in [1.807, 2.05) is 6.92 Å². The molecule has 0 aromatic heterocycles. The quantitative estimate of drug-likeness (QED) is 0.671. The van der Waals surface area contributed by atoms with Crippen LogP contribution in [0.2, 0.25) is 0 Å². The Hall–Kier alpha value is -0.160. The van der Waals surface area contributed by atoms with E-state index in [0.29, 0.717) is 6.04 Å². The maximum Gasteiger partial charge on any atom is 0.0593 e. The van der Waals surface area contributed by atoms with Gasteiger partial charge in [-0.15, -0.1) is 0 Å². The van der Waals surface area contributed by atoms with Gasteiger partial charge in [0.15, 0.2) is 0 Å². The van der Waals surface area contributed by atoms with Crippen LogP contribution in [0.25, 0.3) is 0 Å². The van der Waals surface area contributed by atoms with E-state index in [4.69, 9.17) is 10.5 Å². The highest BCUT2D eigenvalue weighted by atomic mass is 16.5. The van der Waals surface area contributed by atoms with Crippen LogP contribution in [-0.2, 0) is 4.74 Å². The second kappa shape index (κ2) is 6.69. The van der Waals surface area contributed by atoms with Gasteiger partial charge >= 0.3 is 0 Å². The molecule has 4 heteroatoms. The molecule has 0 radical (unpaired) electrons. The van der Waals surface area contributed by atoms with Crippen molar-refractivity contribution in [3.63, 3.8) is 0 Å². The molecule has 1 aliphatic heterocycles. The van der Waals surface area contributed by atoms with Crippen molar-refractivity contribution in [3.8, 4) is 0 Å². The average molecular weight is 243 g/mol. The molecule has 1 heterocycles. The Morgan fingerprint density at radius 3 is 2.65 bits per heavy atom. The Kier molecular flexibility index (Phi) is 5.86. The fourth-order valence-corrected chi connectivity index (χ4v) is 2.55. The fraction of sp³-hybridized carbons (Fsp3) is 1.00. The van der Waals surface area contributed by atoms with Crippen LogP contribution in [0.4, 0.5) is 0 Å². The summed E-state index contributed by atoms with van der Waals surface area (Å²) in [4.78, 5) is 4.91. The molecule has 4 nitrogen and oxygen atoms in total. The minimum absolute atomic E-state index is 0.154. The molecule has 1 rings (SSSR count). The summed E-state index contributed by atoms with van der Waals surface area (Å²) in [6.07, 6.45) is 1.17. The lowest BCUT2D eigenvalue weighted by atomic mass is 9.97. The summed E-state index contributed by atoms with van der Waals surface area (Å²) in [6, 6.07) is 0.615. The summed E-state index contributed by atoms with van der Waals surface area (Å²) in [5.74, 6) is 0. The van der Waals surface area contributed by atoms with Crippen molar-refractivity contribution in [1.29, 1.82) is 0 Å². The number of nitrogens with zero attached hydrogens (tertiary/aromatic N) is 2. The van der Waals surface area contributed by atoms with Gasteiger partial charge in [-0.3, -0.25) is 9.80 Å². The van der Waals surface area contributed by atoms with Crippen molar-refractivity contribution in [3.05, 3.63) is 0 Å². The highest BCUT2D eigenvalue weighted by Crippen LogP contribution is 2.27. The first-order chi connectivity index (χ1) is 8.05. The number of hydrogen-bond donors (Lipinski definition) is 1. The van der Waals surface area contributed by atoms with Crippen LogP contribution in [-0.4, -0.2) is 67.8 Å². The molecule has 1 aliphatic rings. The maximum absolute atomic E-state index is 6.03. The van der Waals surface area contributed by atoms with Gasteiger partial charge < -0.3 is 10.5 Å². The second-order valence-corrected chi connectivity index (χ2v) is 5.36. The molecule has 1 unspecified atom stereocenters. The second-order valence-electron chi connectivity index (χ2n) is 5.36. The first-order valence-corrected chi connectivity index (χ1v) is 6.79. The first kappa shape index (κ1) is 14.9. The molecule has 1 fully saturated rings. The van der Waals surface area contributed by atoms with Crippen LogP contribution in [0, 0.1) is 0 Å². The van der Waals surface area contributed by atoms with Crippen molar-refractivity contribution < 1.29 is 4.74 Å². The average Bonchev–Trinajstić information content (AvgIpc) is 2.75. The minimum Gasteiger partial charge on any atom is -0.380 e. The van der Waals surface area contributed by atoms with E-state index in [2.05, 4.69) is 30.7 Å². The van der Waals surface area contributed by atoms with Crippen LogP contribution in [0.5, 0.6) is 0 Å². The molecule has 102 valence electrons. The topological polar surface area (TPSA) is 41.7 Å². The van der Waals surface area contributed by atoms with Crippen molar-refractivity contribution in [2.24, 2.45) is 5.73 Å². The molecular weight excluding hydrogens is 214 g/mol. The zero-order valence-corrected chi connectivity index (χ0v) is 11.9. The zero-order valence-electron chi connectivity index (χ0n) is 11.9. The monoisotopic (exact) mass is 243 g/mol. The van der Waals surface area contributed by atoms with E-state index < -0.39 is 0 Å². The number of likely N-dealkylation sites (N-methyl/N-ethyl adjacent to an activating group) is 1. The van der Waals surface area contributed by atoms with Crippen molar-refractivity contribution in [1.82, 2.24) is 9.80 Å². The Morgan fingerprint density at radius 2 is 2.18 bits per heavy atom. The molecule has 0 spiro atoms. The number of rotatable bonds is 7. The Bertz CT molecular complexity index is 223. The van der Waals surface area contributed by atoms with Gasteiger partial charge in [-0.25, -0.2) is 0 Å². The summed E-state index contributed by atoms with van der Waals surface area (Å²) in [6.45, 7) is 12.1. The number of nitrogens with two attached hydrogens (primary N) is 1. The van der Waals surface area contributed by atoms with Crippen LogP contribution in [0.1, 0.15) is 27.2 Å². The van der Waals surface area contributed by atoms with Gasteiger partial charge in [-0.1, -0.05) is 0 Å². The van der Waals surface area contributed by atoms with Crippen LogP contribution >= 0.6 is 0 Å². The number of hydrogen-bond acceptors (Lipinski definition) is 4. The van der Waals surface area contributed by atoms with E-state index in [1.165, 1.54) is 6.42 Å². The molecule has 0 aliphatic carbocycles. The highest BCUT2D eigenvalue weighted by molar-refractivity contribution is 4.99. The third kappa shape index (κ3) is 3.65. The lowest BCUT2D eigenvalue weighted by molar-refractivity contribution is 0.0688. The standard InChI is InChI=1S/C13H29N3O/c1-5-17-9-8-15(4)13(10-14)6-7-16(11-13)12(2)3/h12H,5-11,14H2,1-4H3. The van der Waals surface area contributed by atoms with E-state index in [-0.39, 0.29) is 5.54 Å². The van der Waals surface area contributed by atoms with E-state index >= 15 is 0 Å². The summed E-state index contributed by atoms with van der Waals surface area (Å²) in [7, 11) is 2.18. The fourth-order valence-electron chi connectivity index (χ4n) is 2.55. The van der Waals surface area contributed by atoms with Crippen LogP contribution in [0.3, 0.4) is 0 Å². The van der Waals surface area contributed by atoms with Crippen molar-refractivity contribution >= 4 is 0 Å². The summed E-state index contributed by atoms with van der Waals surface area (Å²) in [5, 5.41) is 0. The van der Waals surface area contributed by atoms with Gasteiger partial charge in [-0.2, -0.15) is 0 Å². The zero-order chi connectivity index (χ0) is 12.9. The van der Waals surface area contributed by atoms with Crippen LogP contribution in [0.15, 0.2) is 0 Å². The van der Waals surface area contributed by atoms with Gasteiger partial charge in [0.2, 0.25) is 0 Å². The van der Waals surface area contributed by atoms with Crippen molar-refractivity contribution in [2.45, 2.75) is 38.8 Å². The molecule has 0 aromatic carbocycles. The van der Waals surface area contributed by atoms with Gasteiger partial charge in [-0.05, 0) is 34.2 Å². The first-order valence-electron chi connectivity index (χ1n) is 6.79. The maximum atomic E-state index is 6.03. The summed E-state index contributed by atoms with van der Waals surface area (Å²) >= 11 is 0. The number of ether oxygens (including phenoxy) is 1. The van der Waals surface area contributed by atoms with E-state index in [0.717, 1.165) is 39.4 Å². The van der Waals surface area contributed by atoms with Gasteiger partial charge in [0.05, 0.1) is 6.61 Å². The molecule has 1 saturated heterocycles. The van der Waals surface area contributed by atoms with Gasteiger partial charge in [0.1, 0.15) is 0 Å².